The van der Waals surface area contributed by atoms with E-state index in [1.54, 1.807) is 32.0 Å². The number of carbonyl (C=O) groups excluding carboxylic acids is 1. The van der Waals surface area contributed by atoms with Crippen LogP contribution in [0.15, 0.2) is 36.4 Å². The van der Waals surface area contributed by atoms with E-state index in [1.807, 2.05) is 0 Å². The van der Waals surface area contributed by atoms with E-state index in [1.165, 1.54) is 17.0 Å². The quantitative estimate of drug-likeness (QED) is 0.840. The first-order valence-corrected chi connectivity index (χ1v) is 7.62. The molecule has 1 aromatic carbocycles. The number of rotatable bonds is 2. The lowest BCUT2D eigenvalue weighted by molar-refractivity contribution is -0.141. The van der Waals surface area contributed by atoms with Crippen molar-refractivity contribution in [3.05, 3.63) is 47.8 Å². The average molecular weight is 351 g/mol. The van der Waals surface area contributed by atoms with Gasteiger partial charge in [0, 0.05) is 11.8 Å². The average Bonchev–Trinajstić information content (AvgIpc) is 2.55. The number of anilines is 2. The number of nitrogens with two attached hydrogens (primary N) is 1. The second kappa shape index (κ2) is 5.94. The molecule has 0 saturated carbocycles. The smallest absolute Gasteiger partial charge is 0.433 e. The van der Waals surface area contributed by atoms with Gasteiger partial charge in [-0.3, -0.25) is 9.69 Å². The molecule has 2 aromatic rings. The number of alkyl halides is 3. The summed E-state index contributed by atoms with van der Waals surface area (Å²) in [6.07, 6.45) is -5.33. The van der Waals surface area contributed by atoms with E-state index in [-0.39, 0.29) is 11.6 Å². The molecule has 0 saturated heterocycles. The molecule has 25 heavy (non-hydrogen) atoms. The van der Waals surface area contributed by atoms with E-state index in [9.17, 15) is 18.0 Å². The molecule has 1 aliphatic rings. The lowest BCUT2D eigenvalue weighted by atomic mass is 10.1. The van der Waals surface area contributed by atoms with Crippen LogP contribution in [0, 0.1) is 0 Å². The summed E-state index contributed by atoms with van der Waals surface area (Å²) in [6, 6.07) is 7.73. The van der Waals surface area contributed by atoms with Crippen LogP contribution >= 0.6 is 0 Å². The fraction of sp³-hybridized carbons (Fsp3) is 0.294. The van der Waals surface area contributed by atoms with Gasteiger partial charge in [0.05, 0.1) is 17.4 Å². The van der Waals surface area contributed by atoms with Gasteiger partial charge in [0.2, 0.25) is 0 Å². The molecule has 2 N–H and O–H groups in total. The molecule has 3 rings (SSSR count). The maximum absolute atomic E-state index is 12.9. The minimum atomic E-state index is -4.55. The van der Waals surface area contributed by atoms with Gasteiger partial charge in [0.1, 0.15) is 11.4 Å². The van der Waals surface area contributed by atoms with Crippen LogP contribution in [-0.4, -0.2) is 17.0 Å². The van der Waals surface area contributed by atoms with Crippen molar-refractivity contribution in [2.75, 3.05) is 10.6 Å². The highest BCUT2D eigenvalue weighted by atomic mass is 19.4. The Morgan fingerprint density at radius 2 is 2.00 bits per heavy atom. The Morgan fingerprint density at radius 1 is 1.28 bits per heavy atom. The van der Waals surface area contributed by atoms with Crippen molar-refractivity contribution in [1.29, 1.82) is 0 Å². The molecule has 0 fully saturated rings. The van der Waals surface area contributed by atoms with Crippen LogP contribution in [0.25, 0.3) is 0 Å². The second-order valence-electron chi connectivity index (χ2n) is 5.82. The number of halogens is 3. The van der Waals surface area contributed by atoms with Crippen LogP contribution in [0.5, 0.6) is 5.75 Å². The monoisotopic (exact) mass is 351 g/mol. The van der Waals surface area contributed by atoms with E-state index < -0.39 is 24.0 Å². The normalized spacial score (nSPS) is 18.5. The number of fused-ring (bicyclic) bond motifs is 1. The maximum atomic E-state index is 12.9. The van der Waals surface area contributed by atoms with E-state index in [4.69, 9.17) is 10.5 Å². The zero-order valence-electron chi connectivity index (χ0n) is 13.5. The Balaban J connectivity index is 2.05. The molecule has 2 atom stereocenters. The highest BCUT2D eigenvalue weighted by Gasteiger charge is 2.37. The molecule has 5 nitrogen and oxygen atoms in total. The number of nitrogen functional groups attached to an aromatic ring is 1. The van der Waals surface area contributed by atoms with Crippen LogP contribution in [0.2, 0.25) is 0 Å². The molecule has 1 aromatic heterocycles. The third-order valence-corrected chi connectivity index (χ3v) is 4.01. The fourth-order valence-electron chi connectivity index (χ4n) is 2.75. The molecule has 1 aliphatic heterocycles. The third kappa shape index (κ3) is 3.11. The van der Waals surface area contributed by atoms with Crippen molar-refractivity contribution in [2.45, 2.75) is 32.2 Å². The maximum Gasteiger partial charge on any atom is 0.433 e. The van der Waals surface area contributed by atoms with Gasteiger partial charge in [-0.05, 0) is 38.1 Å². The Morgan fingerprint density at radius 3 is 2.68 bits per heavy atom. The lowest BCUT2D eigenvalue weighted by Crippen LogP contribution is -2.45. The molecule has 0 radical (unpaired) electrons. The van der Waals surface area contributed by atoms with E-state index in [0.29, 0.717) is 17.1 Å². The first-order chi connectivity index (χ1) is 11.7. The highest BCUT2D eigenvalue weighted by Crippen LogP contribution is 2.40. The van der Waals surface area contributed by atoms with Crippen molar-refractivity contribution < 1.29 is 22.7 Å². The van der Waals surface area contributed by atoms with Gasteiger partial charge in [-0.25, -0.2) is 4.98 Å². The van der Waals surface area contributed by atoms with Crippen LogP contribution in [0.3, 0.4) is 0 Å². The largest absolute Gasteiger partial charge is 0.479 e. The van der Waals surface area contributed by atoms with Crippen molar-refractivity contribution in [3.8, 4) is 5.75 Å². The fourth-order valence-corrected chi connectivity index (χ4v) is 2.75. The Labute approximate surface area is 142 Å². The van der Waals surface area contributed by atoms with Gasteiger partial charge in [0.15, 0.2) is 6.10 Å². The Hall–Kier alpha value is -2.77. The molecule has 0 bridgehead atoms. The topological polar surface area (TPSA) is 68.5 Å². The number of hydrogen-bond donors (Lipinski definition) is 1. The summed E-state index contributed by atoms with van der Waals surface area (Å²) in [4.78, 5) is 17.7. The summed E-state index contributed by atoms with van der Waals surface area (Å²) in [5.74, 6) is 0.0508. The van der Waals surface area contributed by atoms with Gasteiger partial charge >= 0.3 is 6.18 Å². The van der Waals surface area contributed by atoms with Crippen LogP contribution < -0.4 is 15.4 Å². The first-order valence-electron chi connectivity index (χ1n) is 7.62. The zero-order valence-corrected chi connectivity index (χ0v) is 13.5. The SMILES string of the molecule is C[C@H]1Oc2cc(N)ccc2N([C@@H](C)c2cccc(C(F)(F)F)n2)C1=O. The highest BCUT2D eigenvalue weighted by molar-refractivity contribution is 6.00. The summed E-state index contributed by atoms with van der Waals surface area (Å²) >= 11 is 0. The number of nitrogens with zero attached hydrogens (tertiary/aromatic N) is 2. The summed E-state index contributed by atoms with van der Waals surface area (Å²) < 4.78 is 44.3. The number of aromatic nitrogens is 1. The molecule has 0 aliphatic carbocycles. The van der Waals surface area contributed by atoms with E-state index >= 15 is 0 Å². The number of carbonyl (C=O) groups is 1. The van der Waals surface area contributed by atoms with E-state index in [0.717, 1.165) is 6.07 Å². The van der Waals surface area contributed by atoms with E-state index in [2.05, 4.69) is 4.98 Å². The minimum Gasteiger partial charge on any atom is -0.479 e. The van der Waals surface area contributed by atoms with Crippen molar-refractivity contribution >= 4 is 17.3 Å². The molecule has 0 unspecified atom stereocenters. The summed E-state index contributed by atoms with van der Waals surface area (Å²) in [7, 11) is 0. The van der Waals surface area contributed by atoms with Crippen molar-refractivity contribution in [3.63, 3.8) is 0 Å². The van der Waals surface area contributed by atoms with Crippen LogP contribution in [-0.2, 0) is 11.0 Å². The molecular formula is C17H16F3N3O2. The molecular weight excluding hydrogens is 335 g/mol. The van der Waals surface area contributed by atoms with Crippen LogP contribution in [0.1, 0.15) is 31.3 Å². The van der Waals surface area contributed by atoms with Gasteiger partial charge in [0.25, 0.3) is 5.91 Å². The summed E-state index contributed by atoms with van der Waals surface area (Å²) in [6.45, 7) is 3.20. The number of pyridine rings is 1. The van der Waals surface area contributed by atoms with Crippen LogP contribution in [0.4, 0.5) is 24.5 Å². The molecule has 2 heterocycles. The Bertz CT molecular complexity index is 823. The van der Waals surface area contributed by atoms with Gasteiger partial charge in [-0.1, -0.05) is 6.07 Å². The molecule has 132 valence electrons. The van der Waals surface area contributed by atoms with Gasteiger partial charge < -0.3 is 10.5 Å². The number of amides is 1. The van der Waals surface area contributed by atoms with Gasteiger partial charge in [-0.15, -0.1) is 0 Å². The van der Waals surface area contributed by atoms with Crippen molar-refractivity contribution in [1.82, 2.24) is 4.98 Å². The second-order valence-corrected chi connectivity index (χ2v) is 5.82. The van der Waals surface area contributed by atoms with Crippen molar-refractivity contribution in [2.24, 2.45) is 0 Å². The predicted molar refractivity (Wildman–Crippen MR) is 86.1 cm³/mol. The molecule has 1 amide bonds. The minimum absolute atomic E-state index is 0.139. The zero-order chi connectivity index (χ0) is 18.4. The number of hydrogen-bond acceptors (Lipinski definition) is 4. The molecule has 0 spiro atoms. The lowest BCUT2D eigenvalue weighted by Gasteiger charge is -2.36. The third-order valence-electron chi connectivity index (χ3n) is 4.01. The molecule has 8 heteroatoms. The summed E-state index contributed by atoms with van der Waals surface area (Å²) in [5, 5.41) is 0. The standard InChI is InChI=1S/C17H16F3N3O2/c1-9(12-4-3-5-15(22-12)17(18,19)20)23-13-7-6-11(21)8-14(13)25-10(2)16(23)24/h3-10H,21H2,1-2H3/t9-,10+/m0/s1. The first kappa shape index (κ1) is 17.1. The van der Waals surface area contributed by atoms with Gasteiger partial charge in [-0.2, -0.15) is 13.2 Å². The predicted octanol–water partition coefficient (Wildman–Crippen LogP) is 3.56. The number of benzene rings is 1. The number of ether oxygens (including phenoxy) is 1. The summed E-state index contributed by atoms with van der Waals surface area (Å²) in [5.41, 5.74) is 5.79. The Kier molecular flexibility index (Phi) is 4.06.